The number of carboxylic acid groups (broad SMARTS) is 1. The van der Waals surface area contributed by atoms with Crippen molar-refractivity contribution in [2.75, 3.05) is 18.0 Å². The molecule has 3 aromatic rings. The highest BCUT2D eigenvalue weighted by atomic mass is 16.3. The summed E-state index contributed by atoms with van der Waals surface area (Å²) in [6.07, 6.45) is 2.14. The Morgan fingerprint density at radius 3 is 2.39 bits per heavy atom. The Balaban J connectivity index is 0.000000706. The Hall–Kier alpha value is -2.96. The van der Waals surface area contributed by atoms with E-state index in [9.17, 15) is 0 Å². The number of nitrogens with one attached hydrogen (secondary N) is 1. The van der Waals surface area contributed by atoms with Gasteiger partial charge < -0.3 is 10.0 Å². The number of hydrogen-bond acceptors (Lipinski definition) is 5. The maximum absolute atomic E-state index is 8.36. The van der Waals surface area contributed by atoms with Crippen LogP contribution in [0.1, 0.15) is 47.1 Å². The smallest absolute Gasteiger partial charge is 0.290 e. The lowest BCUT2D eigenvalue weighted by atomic mass is 9.96. The monoisotopic (exact) mass is 381 g/mol. The highest BCUT2D eigenvalue weighted by Gasteiger charge is 2.24. The molecule has 1 aliphatic rings. The summed E-state index contributed by atoms with van der Waals surface area (Å²) in [6.45, 7) is 10.2. The summed E-state index contributed by atoms with van der Waals surface area (Å²) in [5.41, 5.74) is 5.03. The minimum absolute atomic E-state index is 0.250. The zero-order valence-electron chi connectivity index (χ0n) is 16.9. The van der Waals surface area contributed by atoms with Crippen LogP contribution < -0.4 is 4.90 Å². The number of aromatic amines is 1. The summed E-state index contributed by atoms with van der Waals surface area (Å²) >= 11 is 0. The molecule has 0 amide bonds. The van der Waals surface area contributed by atoms with E-state index in [-0.39, 0.29) is 6.47 Å². The standard InChI is InChI=1S/C20H25N5.CH2O2/c1-12-5-6-17-13(2)11-18(22-19(17)14(12)3)25-9-7-16(8-10-25)20-21-15(4)23-24-20;2-1-3/h5-6,11,16H,7-10H2,1-4H3,(H,21,23,24);1H,(H,2,3). The van der Waals surface area contributed by atoms with E-state index in [0.29, 0.717) is 5.92 Å². The molecule has 0 bridgehead atoms. The largest absolute Gasteiger partial charge is 0.483 e. The number of pyridine rings is 1. The number of nitrogens with zero attached hydrogens (tertiary/aromatic N) is 4. The molecule has 7 heteroatoms. The molecule has 148 valence electrons. The number of fused-ring (bicyclic) bond motifs is 1. The molecule has 0 atom stereocenters. The second-order valence-corrected chi connectivity index (χ2v) is 7.35. The van der Waals surface area contributed by atoms with Gasteiger partial charge in [-0.3, -0.25) is 9.89 Å². The van der Waals surface area contributed by atoms with Gasteiger partial charge in [-0.1, -0.05) is 12.1 Å². The summed E-state index contributed by atoms with van der Waals surface area (Å²) in [4.78, 5) is 20.3. The normalized spacial score (nSPS) is 14.6. The van der Waals surface area contributed by atoms with Crippen LogP contribution in [-0.4, -0.2) is 44.8 Å². The first-order valence-corrected chi connectivity index (χ1v) is 9.53. The predicted molar refractivity (Wildman–Crippen MR) is 110 cm³/mol. The molecule has 1 fully saturated rings. The first-order chi connectivity index (χ1) is 13.4. The van der Waals surface area contributed by atoms with E-state index >= 15 is 0 Å². The van der Waals surface area contributed by atoms with Gasteiger partial charge in [0.15, 0.2) is 5.82 Å². The number of rotatable bonds is 2. The van der Waals surface area contributed by atoms with Crippen LogP contribution >= 0.6 is 0 Å². The van der Waals surface area contributed by atoms with E-state index < -0.39 is 0 Å². The molecular weight excluding hydrogens is 354 g/mol. The van der Waals surface area contributed by atoms with Crippen LogP contribution in [0.15, 0.2) is 18.2 Å². The molecule has 0 unspecified atom stereocenters. The average Bonchev–Trinajstić information content (AvgIpc) is 3.12. The number of benzene rings is 1. The molecule has 0 aliphatic carbocycles. The Morgan fingerprint density at radius 2 is 1.79 bits per heavy atom. The van der Waals surface area contributed by atoms with Crippen molar-refractivity contribution in [1.29, 1.82) is 0 Å². The SMILES string of the molecule is Cc1nc(C2CCN(c3cc(C)c4ccc(C)c(C)c4n3)CC2)n[nH]1.O=CO. The van der Waals surface area contributed by atoms with Gasteiger partial charge >= 0.3 is 0 Å². The lowest BCUT2D eigenvalue weighted by Gasteiger charge is -2.32. The quantitative estimate of drug-likeness (QED) is 0.658. The fourth-order valence-corrected chi connectivity index (χ4v) is 3.75. The van der Waals surface area contributed by atoms with Gasteiger partial charge in [0.2, 0.25) is 0 Å². The predicted octanol–water partition coefficient (Wildman–Crippen LogP) is 3.67. The fraction of sp³-hybridized carbons (Fsp3) is 0.429. The minimum Gasteiger partial charge on any atom is -0.483 e. The van der Waals surface area contributed by atoms with Crippen molar-refractivity contribution < 1.29 is 9.90 Å². The van der Waals surface area contributed by atoms with Crippen LogP contribution in [0.25, 0.3) is 10.9 Å². The Bertz CT molecular complexity index is 974. The molecular formula is C21H27N5O2. The van der Waals surface area contributed by atoms with Gasteiger partial charge in [-0.05, 0) is 63.3 Å². The van der Waals surface area contributed by atoms with Crippen molar-refractivity contribution in [1.82, 2.24) is 20.2 Å². The average molecular weight is 381 g/mol. The molecule has 0 radical (unpaired) electrons. The second kappa shape index (κ2) is 8.37. The van der Waals surface area contributed by atoms with Gasteiger partial charge in [0.05, 0.1) is 5.52 Å². The molecule has 7 nitrogen and oxygen atoms in total. The number of aryl methyl sites for hydroxylation is 4. The Labute approximate surface area is 164 Å². The first kappa shape index (κ1) is 19.8. The van der Waals surface area contributed by atoms with Crippen molar-refractivity contribution in [3.63, 3.8) is 0 Å². The van der Waals surface area contributed by atoms with Gasteiger partial charge in [-0.15, -0.1) is 0 Å². The van der Waals surface area contributed by atoms with Crippen molar-refractivity contribution >= 4 is 23.2 Å². The maximum atomic E-state index is 8.36. The van der Waals surface area contributed by atoms with Crippen LogP contribution in [0.2, 0.25) is 0 Å². The Kier molecular flexibility index (Phi) is 5.92. The molecule has 4 rings (SSSR count). The van der Waals surface area contributed by atoms with Crippen LogP contribution in [0, 0.1) is 27.7 Å². The molecule has 0 spiro atoms. The lowest BCUT2D eigenvalue weighted by molar-refractivity contribution is -0.122. The number of aromatic nitrogens is 4. The van der Waals surface area contributed by atoms with Crippen molar-refractivity contribution in [2.45, 2.75) is 46.5 Å². The molecule has 1 saturated heterocycles. The number of hydrogen-bond donors (Lipinski definition) is 2. The van der Waals surface area contributed by atoms with E-state index in [4.69, 9.17) is 14.9 Å². The van der Waals surface area contributed by atoms with Gasteiger partial charge in [-0.25, -0.2) is 9.97 Å². The summed E-state index contributed by atoms with van der Waals surface area (Å²) in [6, 6.07) is 6.62. The molecule has 2 N–H and O–H groups in total. The molecule has 0 saturated carbocycles. The zero-order chi connectivity index (χ0) is 20.3. The third-order valence-corrected chi connectivity index (χ3v) is 5.50. The summed E-state index contributed by atoms with van der Waals surface area (Å²) in [7, 11) is 0. The van der Waals surface area contributed by atoms with Crippen LogP contribution in [-0.2, 0) is 4.79 Å². The highest BCUT2D eigenvalue weighted by Crippen LogP contribution is 2.31. The number of anilines is 1. The molecule has 1 aromatic carbocycles. The lowest BCUT2D eigenvalue weighted by Crippen LogP contribution is -2.33. The third kappa shape index (κ3) is 3.98. The number of H-pyrrole nitrogens is 1. The molecule has 1 aliphatic heterocycles. The molecule has 2 aromatic heterocycles. The number of carbonyl (C=O) groups is 1. The van der Waals surface area contributed by atoms with Crippen molar-refractivity contribution in [3.05, 3.63) is 46.5 Å². The third-order valence-electron chi connectivity index (χ3n) is 5.50. The van der Waals surface area contributed by atoms with E-state index in [0.717, 1.165) is 48.9 Å². The van der Waals surface area contributed by atoms with E-state index in [1.165, 1.54) is 22.1 Å². The Morgan fingerprint density at radius 1 is 1.11 bits per heavy atom. The van der Waals surface area contributed by atoms with Crippen LogP contribution in [0.5, 0.6) is 0 Å². The van der Waals surface area contributed by atoms with Gasteiger partial charge in [0.1, 0.15) is 11.6 Å². The van der Waals surface area contributed by atoms with Crippen LogP contribution in [0.4, 0.5) is 5.82 Å². The van der Waals surface area contributed by atoms with E-state index in [1.807, 2.05) is 6.92 Å². The van der Waals surface area contributed by atoms with Crippen LogP contribution in [0.3, 0.4) is 0 Å². The summed E-state index contributed by atoms with van der Waals surface area (Å²) < 4.78 is 0. The number of piperidine rings is 1. The summed E-state index contributed by atoms with van der Waals surface area (Å²) in [5.74, 6) is 3.41. The van der Waals surface area contributed by atoms with Gasteiger partial charge in [0.25, 0.3) is 6.47 Å². The highest BCUT2D eigenvalue weighted by molar-refractivity contribution is 5.87. The van der Waals surface area contributed by atoms with E-state index in [2.05, 4.69) is 59.1 Å². The fourth-order valence-electron chi connectivity index (χ4n) is 3.75. The topological polar surface area (TPSA) is 95.0 Å². The zero-order valence-corrected chi connectivity index (χ0v) is 16.9. The summed E-state index contributed by atoms with van der Waals surface area (Å²) in [5, 5.41) is 15.5. The van der Waals surface area contributed by atoms with E-state index in [1.54, 1.807) is 0 Å². The minimum atomic E-state index is -0.250. The van der Waals surface area contributed by atoms with Crippen molar-refractivity contribution in [3.8, 4) is 0 Å². The van der Waals surface area contributed by atoms with Crippen molar-refractivity contribution in [2.24, 2.45) is 0 Å². The second-order valence-electron chi connectivity index (χ2n) is 7.35. The first-order valence-electron chi connectivity index (χ1n) is 9.53. The maximum Gasteiger partial charge on any atom is 0.290 e. The van der Waals surface area contributed by atoms with Gasteiger partial charge in [-0.2, -0.15) is 5.10 Å². The van der Waals surface area contributed by atoms with Gasteiger partial charge in [0, 0.05) is 24.4 Å². The molecule has 28 heavy (non-hydrogen) atoms. The molecule has 3 heterocycles.